The highest BCUT2D eigenvalue weighted by Crippen LogP contribution is 2.47. The predicted octanol–water partition coefficient (Wildman–Crippen LogP) is 10.2. The molecule has 3 aromatic rings. The Balaban J connectivity index is 2.07. The lowest BCUT2D eigenvalue weighted by molar-refractivity contribution is 0.107. The molecule has 0 N–H and O–H groups in total. The summed E-state index contributed by atoms with van der Waals surface area (Å²) in [5, 5.41) is -0.813. The quantitative estimate of drug-likeness (QED) is 0.150. The molecule has 0 unspecified atom stereocenters. The molecule has 7 heteroatoms. The SMILES string of the molecule is CCCCCCc1c(-c2ccc(C(=O)Cl)s2)sc(-c2ccc(C(=O)Cl)s2)c1CCCCCC. The average molecular weight is 542 g/mol. The van der Waals surface area contributed by atoms with E-state index in [1.807, 2.05) is 24.3 Å². The third-order valence-corrected chi connectivity index (χ3v) is 10.2. The van der Waals surface area contributed by atoms with Crippen LogP contribution in [0.4, 0.5) is 0 Å². The summed E-state index contributed by atoms with van der Waals surface area (Å²) in [5.41, 5.74) is 2.82. The Bertz CT molecular complexity index is 995. The average Bonchev–Trinajstić information content (AvgIpc) is 3.52. The molecule has 3 aromatic heterocycles. The van der Waals surface area contributed by atoms with Crippen molar-refractivity contribution < 1.29 is 9.59 Å². The first-order valence-corrected chi connectivity index (χ1v) is 14.9. The van der Waals surface area contributed by atoms with Gasteiger partial charge in [-0.3, -0.25) is 9.59 Å². The molecule has 0 aliphatic heterocycles. The van der Waals surface area contributed by atoms with Crippen molar-refractivity contribution in [1.82, 2.24) is 0 Å². The lowest BCUT2D eigenvalue weighted by Gasteiger charge is -2.09. The van der Waals surface area contributed by atoms with Crippen LogP contribution in [0.25, 0.3) is 19.5 Å². The molecule has 0 amide bonds. The fraction of sp³-hybridized carbons (Fsp3) is 0.462. The van der Waals surface area contributed by atoms with E-state index in [1.54, 1.807) is 11.3 Å². The molecule has 0 radical (unpaired) electrons. The molecule has 0 bridgehead atoms. The molecule has 0 fully saturated rings. The molecule has 0 saturated carbocycles. The van der Waals surface area contributed by atoms with E-state index in [-0.39, 0.29) is 0 Å². The van der Waals surface area contributed by atoms with Crippen LogP contribution >= 0.6 is 57.2 Å². The molecular weight excluding hydrogens is 511 g/mol. The zero-order chi connectivity index (χ0) is 23.8. The van der Waals surface area contributed by atoms with Crippen LogP contribution in [0.15, 0.2) is 24.3 Å². The first-order chi connectivity index (χ1) is 16.0. The maximum Gasteiger partial charge on any atom is 0.262 e. The maximum atomic E-state index is 11.7. The number of halogens is 2. The van der Waals surface area contributed by atoms with Crippen LogP contribution in [0.1, 0.15) is 95.7 Å². The van der Waals surface area contributed by atoms with Crippen molar-refractivity contribution in [3.05, 3.63) is 45.1 Å². The van der Waals surface area contributed by atoms with Crippen LogP contribution in [0.5, 0.6) is 0 Å². The first-order valence-electron chi connectivity index (χ1n) is 11.7. The summed E-state index contributed by atoms with van der Waals surface area (Å²) < 4.78 is 0. The van der Waals surface area contributed by atoms with Crippen LogP contribution in [-0.4, -0.2) is 10.5 Å². The summed E-state index contributed by atoms with van der Waals surface area (Å²) in [6.45, 7) is 4.46. The van der Waals surface area contributed by atoms with Crippen molar-refractivity contribution in [3.63, 3.8) is 0 Å². The Hall–Kier alpha value is -0.980. The van der Waals surface area contributed by atoms with Gasteiger partial charge in [0.05, 0.1) is 9.75 Å². The van der Waals surface area contributed by atoms with Gasteiger partial charge in [0.2, 0.25) is 0 Å². The Morgan fingerprint density at radius 3 is 1.39 bits per heavy atom. The molecule has 0 saturated heterocycles. The Labute approximate surface area is 219 Å². The van der Waals surface area contributed by atoms with E-state index < -0.39 is 10.5 Å². The van der Waals surface area contributed by atoms with Gasteiger partial charge in [0.25, 0.3) is 10.5 Å². The molecule has 0 spiro atoms. The van der Waals surface area contributed by atoms with Gasteiger partial charge in [-0.1, -0.05) is 52.4 Å². The molecule has 0 aromatic carbocycles. The number of hydrogen-bond donors (Lipinski definition) is 0. The fourth-order valence-electron chi connectivity index (χ4n) is 4.01. The minimum Gasteiger partial charge on any atom is -0.275 e. The van der Waals surface area contributed by atoms with E-state index in [0.717, 1.165) is 35.4 Å². The van der Waals surface area contributed by atoms with E-state index in [1.165, 1.54) is 82.1 Å². The van der Waals surface area contributed by atoms with Crippen molar-refractivity contribution in [3.8, 4) is 19.5 Å². The lowest BCUT2D eigenvalue weighted by Crippen LogP contribution is -1.95. The topological polar surface area (TPSA) is 34.1 Å². The maximum absolute atomic E-state index is 11.7. The normalized spacial score (nSPS) is 11.3. The lowest BCUT2D eigenvalue weighted by atomic mass is 9.96. The monoisotopic (exact) mass is 540 g/mol. The number of unbranched alkanes of at least 4 members (excludes halogenated alkanes) is 6. The van der Waals surface area contributed by atoms with Crippen LogP contribution in [-0.2, 0) is 12.8 Å². The second kappa shape index (κ2) is 13.2. The zero-order valence-corrected chi connectivity index (χ0v) is 23.1. The van der Waals surface area contributed by atoms with Crippen LogP contribution in [0, 0.1) is 0 Å². The Morgan fingerprint density at radius 2 is 1.06 bits per heavy atom. The molecule has 33 heavy (non-hydrogen) atoms. The summed E-state index contributed by atoms with van der Waals surface area (Å²) in [7, 11) is 0. The zero-order valence-electron chi connectivity index (χ0n) is 19.2. The van der Waals surface area contributed by atoms with Crippen LogP contribution < -0.4 is 0 Å². The minimum absolute atomic E-state index is 0.407. The second-order valence-corrected chi connectivity index (χ2v) is 12.1. The molecule has 2 nitrogen and oxygen atoms in total. The van der Waals surface area contributed by atoms with Gasteiger partial charge in [-0.15, -0.1) is 34.0 Å². The van der Waals surface area contributed by atoms with Gasteiger partial charge >= 0.3 is 0 Å². The van der Waals surface area contributed by atoms with Gasteiger partial charge in [-0.05, 0) is 84.3 Å². The third-order valence-electron chi connectivity index (χ3n) is 5.72. The molecule has 3 rings (SSSR count). The highest BCUT2D eigenvalue weighted by molar-refractivity contribution is 7.28. The van der Waals surface area contributed by atoms with Gasteiger partial charge in [-0.25, -0.2) is 0 Å². The molecule has 0 atom stereocenters. The van der Waals surface area contributed by atoms with Crippen LogP contribution in [0.3, 0.4) is 0 Å². The number of carbonyl (C=O) groups is 2. The van der Waals surface area contributed by atoms with Crippen molar-refractivity contribution >= 4 is 67.7 Å². The molecule has 0 aliphatic carbocycles. The highest BCUT2D eigenvalue weighted by Gasteiger charge is 2.23. The summed E-state index contributed by atoms with van der Waals surface area (Å²) >= 11 is 16.2. The Morgan fingerprint density at radius 1 is 0.636 bits per heavy atom. The number of hydrogen-bond acceptors (Lipinski definition) is 5. The van der Waals surface area contributed by atoms with Crippen molar-refractivity contribution in [2.45, 2.75) is 78.1 Å². The molecule has 0 aliphatic rings. The number of carbonyl (C=O) groups excluding carboxylic acids is 2. The van der Waals surface area contributed by atoms with Crippen molar-refractivity contribution in [1.29, 1.82) is 0 Å². The van der Waals surface area contributed by atoms with E-state index in [4.69, 9.17) is 23.2 Å². The minimum atomic E-state index is -0.407. The van der Waals surface area contributed by atoms with Gasteiger partial charge in [0, 0.05) is 19.5 Å². The Kier molecular flexibility index (Phi) is 10.6. The van der Waals surface area contributed by atoms with Crippen molar-refractivity contribution in [2.24, 2.45) is 0 Å². The molecular formula is C26H30Cl2O2S3. The van der Waals surface area contributed by atoms with Gasteiger partial charge in [0.15, 0.2) is 0 Å². The highest BCUT2D eigenvalue weighted by atomic mass is 35.5. The number of rotatable bonds is 14. The summed E-state index contributed by atoms with van der Waals surface area (Å²) in [6.07, 6.45) is 11.7. The third kappa shape index (κ3) is 7.02. The smallest absolute Gasteiger partial charge is 0.262 e. The molecule has 3 heterocycles. The van der Waals surface area contributed by atoms with Crippen LogP contribution in [0.2, 0.25) is 0 Å². The molecule has 178 valence electrons. The van der Waals surface area contributed by atoms with Gasteiger partial charge < -0.3 is 0 Å². The summed E-state index contributed by atoms with van der Waals surface area (Å²) in [4.78, 5) is 29.3. The predicted molar refractivity (Wildman–Crippen MR) is 147 cm³/mol. The van der Waals surface area contributed by atoms with Gasteiger partial charge in [-0.2, -0.15) is 0 Å². The largest absolute Gasteiger partial charge is 0.275 e. The second-order valence-electron chi connectivity index (χ2n) is 8.21. The van der Waals surface area contributed by atoms with Crippen molar-refractivity contribution in [2.75, 3.05) is 0 Å². The van der Waals surface area contributed by atoms with E-state index in [2.05, 4.69) is 13.8 Å². The standard InChI is InChI=1S/C26H30Cl2O2S3/c1-3-5-7-9-11-17-18(12-10-8-6-4-2)24(20-14-16-22(32-20)26(28)30)33-23(17)19-13-15-21(31-19)25(27)29/h13-16H,3-12H2,1-2H3. The van der Waals surface area contributed by atoms with Gasteiger partial charge in [0.1, 0.15) is 0 Å². The summed E-state index contributed by atoms with van der Waals surface area (Å²) in [6, 6.07) is 7.70. The van der Waals surface area contributed by atoms with E-state index in [9.17, 15) is 9.59 Å². The summed E-state index contributed by atoms with van der Waals surface area (Å²) in [5.74, 6) is 0. The van der Waals surface area contributed by atoms with E-state index >= 15 is 0 Å². The fourth-order valence-corrected chi connectivity index (χ4v) is 7.72. The number of thiophene rings is 3. The van der Waals surface area contributed by atoms with E-state index in [0.29, 0.717) is 9.75 Å². The first kappa shape index (κ1) is 26.6.